The number of rotatable bonds is 8. The van der Waals surface area contributed by atoms with Gasteiger partial charge in [0.2, 0.25) is 0 Å². The van der Waals surface area contributed by atoms with Crippen LogP contribution >= 0.6 is 0 Å². The molecule has 3 aromatic carbocycles. The summed E-state index contributed by atoms with van der Waals surface area (Å²) in [5, 5.41) is 20.3. The molecule has 0 aromatic heterocycles. The Hall–Kier alpha value is -4.11. The zero-order valence-electron chi connectivity index (χ0n) is 16.4. The maximum atomic E-state index is 10.8. The highest BCUT2D eigenvalue weighted by molar-refractivity contribution is 5.90. The zero-order valence-corrected chi connectivity index (χ0v) is 16.4. The molecule has 0 saturated heterocycles. The van der Waals surface area contributed by atoms with Crippen LogP contribution in [0.4, 0.5) is 5.69 Å². The molecule has 0 unspecified atom stereocenters. The van der Waals surface area contributed by atoms with Gasteiger partial charge in [0, 0.05) is 18.6 Å². The number of methoxy groups -OCH3 is 1. The minimum absolute atomic E-state index is 0.0188. The van der Waals surface area contributed by atoms with E-state index in [-0.39, 0.29) is 5.69 Å². The first-order valence-electron chi connectivity index (χ1n) is 9.32. The average molecular weight is 400 g/mol. The number of non-ortho nitro benzene ring substituents is 1. The van der Waals surface area contributed by atoms with E-state index in [0.29, 0.717) is 29.2 Å². The van der Waals surface area contributed by atoms with Crippen LogP contribution in [0, 0.1) is 21.4 Å². The van der Waals surface area contributed by atoms with Gasteiger partial charge in [0.25, 0.3) is 5.69 Å². The van der Waals surface area contributed by atoms with Gasteiger partial charge < -0.3 is 9.47 Å². The van der Waals surface area contributed by atoms with Gasteiger partial charge in [-0.15, -0.1) is 0 Å². The summed E-state index contributed by atoms with van der Waals surface area (Å²) in [5.41, 5.74) is 2.93. The van der Waals surface area contributed by atoms with Crippen molar-refractivity contribution >= 4 is 17.3 Å². The third kappa shape index (κ3) is 5.24. The first kappa shape index (κ1) is 20.6. The predicted octanol–water partition coefficient (Wildman–Crippen LogP) is 5.29. The molecule has 6 heteroatoms. The van der Waals surface area contributed by atoms with Gasteiger partial charge in [0.15, 0.2) is 11.5 Å². The van der Waals surface area contributed by atoms with Crippen LogP contribution in [0.3, 0.4) is 0 Å². The molecule has 0 atom stereocenters. The maximum absolute atomic E-state index is 10.8. The van der Waals surface area contributed by atoms with Crippen LogP contribution in [0.5, 0.6) is 11.5 Å². The molecule has 0 bridgehead atoms. The second-order valence-corrected chi connectivity index (χ2v) is 6.47. The second-order valence-electron chi connectivity index (χ2n) is 6.47. The standard InChI is InChI=1S/C24H20N2O4/c1-29-24-16-19(7-12-23(24)30-14-13-18-5-3-2-4-6-18)15-21(17-25)20-8-10-22(11-9-20)26(27)28/h2-12,15-16H,13-14H2,1H3. The van der Waals surface area contributed by atoms with Crippen molar-refractivity contribution in [2.75, 3.05) is 13.7 Å². The molecule has 0 aliphatic heterocycles. The van der Waals surface area contributed by atoms with Gasteiger partial charge in [0.05, 0.1) is 30.3 Å². The van der Waals surface area contributed by atoms with E-state index in [0.717, 1.165) is 12.0 Å². The summed E-state index contributed by atoms with van der Waals surface area (Å²) in [5.74, 6) is 1.19. The molecular weight excluding hydrogens is 380 g/mol. The van der Waals surface area contributed by atoms with E-state index in [1.165, 1.54) is 17.7 Å². The number of hydrogen-bond acceptors (Lipinski definition) is 5. The average Bonchev–Trinajstić information content (AvgIpc) is 2.79. The normalized spacial score (nSPS) is 10.9. The van der Waals surface area contributed by atoms with Gasteiger partial charge in [-0.3, -0.25) is 10.1 Å². The molecular formula is C24H20N2O4. The minimum atomic E-state index is -0.471. The summed E-state index contributed by atoms with van der Waals surface area (Å²) < 4.78 is 11.3. The number of allylic oxidation sites excluding steroid dienone is 1. The SMILES string of the molecule is COc1cc(C=C(C#N)c2ccc([N+](=O)[O-])cc2)ccc1OCCc1ccccc1. The lowest BCUT2D eigenvalue weighted by Crippen LogP contribution is -2.02. The number of benzene rings is 3. The first-order chi connectivity index (χ1) is 14.6. The van der Waals surface area contributed by atoms with Crippen LogP contribution in [-0.2, 0) is 6.42 Å². The van der Waals surface area contributed by atoms with Crippen LogP contribution in [0.25, 0.3) is 11.6 Å². The van der Waals surface area contributed by atoms with Crippen LogP contribution in [0.2, 0.25) is 0 Å². The Morgan fingerprint density at radius 1 is 1.07 bits per heavy atom. The van der Waals surface area contributed by atoms with Crippen molar-refractivity contribution in [3.8, 4) is 17.6 Å². The molecule has 0 spiro atoms. The fourth-order valence-electron chi connectivity index (χ4n) is 2.93. The number of nitrogens with zero attached hydrogens (tertiary/aromatic N) is 2. The van der Waals surface area contributed by atoms with Crippen molar-refractivity contribution in [3.63, 3.8) is 0 Å². The monoisotopic (exact) mass is 400 g/mol. The van der Waals surface area contributed by atoms with Crippen molar-refractivity contribution in [3.05, 3.63) is 99.6 Å². The van der Waals surface area contributed by atoms with Crippen LogP contribution in [-0.4, -0.2) is 18.6 Å². The van der Waals surface area contributed by atoms with E-state index in [1.807, 2.05) is 24.3 Å². The molecule has 3 aromatic rings. The first-order valence-corrected chi connectivity index (χ1v) is 9.32. The molecule has 0 fully saturated rings. The Bertz CT molecular complexity index is 1080. The summed E-state index contributed by atoms with van der Waals surface area (Å²) in [6, 6.07) is 23.5. The fraction of sp³-hybridized carbons (Fsp3) is 0.125. The van der Waals surface area contributed by atoms with Gasteiger partial charge >= 0.3 is 0 Å². The van der Waals surface area contributed by atoms with E-state index in [1.54, 1.807) is 37.5 Å². The Morgan fingerprint density at radius 2 is 1.80 bits per heavy atom. The number of nitriles is 1. The van der Waals surface area contributed by atoms with E-state index in [2.05, 4.69) is 18.2 Å². The number of ether oxygens (including phenoxy) is 2. The van der Waals surface area contributed by atoms with E-state index >= 15 is 0 Å². The smallest absolute Gasteiger partial charge is 0.269 e. The molecule has 0 aliphatic rings. The number of nitro benzene ring substituents is 1. The molecule has 6 nitrogen and oxygen atoms in total. The topological polar surface area (TPSA) is 85.4 Å². The summed E-state index contributed by atoms with van der Waals surface area (Å²) in [7, 11) is 1.56. The molecule has 0 amide bonds. The van der Waals surface area contributed by atoms with Crippen LogP contribution < -0.4 is 9.47 Å². The van der Waals surface area contributed by atoms with E-state index in [9.17, 15) is 15.4 Å². The summed E-state index contributed by atoms with van der Waals surface area (Å²) in [6.07, 6.45) is 2.49. The van der Waals surface area contributed by atoms with Crippen molar-refractivity contribution in [2.24, 2.45) is 0 Å². The highest BCUT2D eigenvalue weighted by Crippen LogP contribution is 2.30. The largest absolute Gasteiger partial charge is 0.493 e. The van der Waals surface area contributed by atoms with E-state index in [4.69, 9.17) is 9.47 Å². The lowest BCUT2D eigenvalue weighted by Gasteiger charge is -2.11. The van der Waals surface area contributed by atoms with Crippen molar-refractivity contribution in [1.82, 2.24) is 0 Å². The Labute approximate surface area is 174 Å². The highest BCUT2D eigenvalue weighted by atomic mass is 16.6. The third-order valence-electron chi connectivity index (χ3n) is 4.50. The Kier molecular flexibility index (Phi) is 6.80. The Morgan fingerprint density at radius 3 is 2.43 bits per heavy atom. The third-order valence-corrected chi connectivity index (χ3v) is 4.50. The second kappa shape index (κ2) is 9.89. The molecule has 0 N–H and O–H groups in total. The zero-order chi connectivity index (χ0) is 21.3. The van der Waals surface area contributed by atoms with Crippen molar-refractivity contribution < 1.29 is 14.4 Å². The number of hydrogen-bond donors (Lipinski definition) is 0. The van der Waals surface area contributed by atoms with Gasteiger partial charge in [-0.1, -0.05) is 36.4 Å². The van der Waals surface area contributed by atoms with E-state index < -0.39 is 4.92 Å². The van der Waals surface area contributed by atoms with Gasteiger partial charge in [-0.2, -0.15) is 5.26 Å². The lowest BCUT2D eigenvalue weighted by molar-refractivity contribution is -0.384. The van der Waals surface area contributed by atoms with Crippen LogP contribution in [0.15, 0.2) is 72.8 Å². The van der Waals surface area contributed by atoms with Gasteiger partial charge in [-0.25, -0.2) is 0 Å². The van der Waals surface area contributed by atoms with Gasteiger partial charge in [-0.05, 0) is 47.0 Å². The molecule has 0 heterocycles. The summed E-state index contributed by atoms with van der Waals surface area (Å²) in [4.78, 5) is 10.3. The van der Waals surface area contributed by atoms with Gasteiger partial charge in [0.1, 0.15) is 0 Å². The molecule has 0 aliphatic carbocycles. The maximum Gasteiger partial charge on any atom is 0.269 e. The molecule has 150 valence electrons. The summed E-state index contributed by atoms with van der Waals surface area (Å²) >= 11 is 0. The summed E-state index contributed by atoms with van der Waals surface area (Å²) in [6.45, 7) is 0.516. The predicted molar refractivity (Wildman–Crippen MR) is 115 cm³/mol. The molecule has 3 rings (SSSR count). The van der Waals surface area contributed by atoms with Crippen molar-refractivity contribution in [1.29, 1.82) is 5.26 Å². The highest BCUT2D eigenvalue weighted by Gasteiger charge is 2.09. The molecule has 0 saturated carbocycles. The quantitative estimate of drug-likeness (QED) is 0.222. The van der Waals surface area contributed by atoms with Crippen LogP contribution in [0.1, 0.15) is 16.7 Å². The molecule has 0 radical (unpaired) electrons. The molecule has 30 heavy (non-hydrogen) atoms. The lowest BCUT2D eigenvalue weighted by atomic mass is 10.0. The Balaban J connectivity index is 1.75. The minimum Gasteiger partial charge on any atom is -0.493 e. The van der Waals surface area contributed by atoms with Crippen molar-refractivity contribution in [2.45, 2.75) is 6.42 Å². The number of nitro groups is 1. The fourth-order valence-corrected chi connectivity index (χ4v) is 2.93.